The van der Waals surface area contributed by atoms with Crippen LogP contribution in [0.5, 0.6) is 11.8 Å². The topological polar surface area (TPSA) is 80.1 Å². The number of rotatable bonds is 4. The molecule has 0 amide bonds. The zero-order valence-electron chi connectivity index (χ0n) is 16.2. The van der Waals surface area contributed by atoms with Gasteiger partial charge in [0.1, 0.15) is 5.75 Å². The first-order valence-electron chi connectivity index (χ1n) is 9.34. The molecular formula is C23H15Cl2N3O3. The van der Waals surface area contributed by atoms with Crippen molar-refractivity contribution in [1.82, 2.24) is 14.5 Å². The second-order valence-corrected chi connectivity index (χ2v) is 7.95. The lowest BCUT2D eigenvalue weighted by Crippen LogP contribution is -1.98. The number of H-pyrrole nitrogens is 1. The van der Waals surface area contributed by atoms with E-state index in [4.69, 9.17) is 27.9 Å². The predicted molar refractivity (Wildman–Crippen MR) is 122 cm³/mol. The van der Waals surface area contributed by atoms with Crippen LogP contribution in [0.1, 0.15) is 10.4 Å². The van der Waals surface area contributed by atoms with Crippen LogP contribution >= 0.6 is 23.2 Å². The molecule has 8 heteroatoms. The average Bonchev–Trinajstić information content (AvgIpc) is 3.30. The molecule has 5 aromatic rings. The second-order valence-electron chi connectivity index (χ2n) is 7.14. The zero-order valence-corrected chi connectivity index (χ0v) is 17.7. The van der Waals surface area contributed by atoms with E-state index in [1.807, 2.05) is 25.4 Å². The summed E-state index contributed by atoms with van der Waals surface area (Å²) < 4.78 is 7.78. The van der Waals surface area contributed by atoms with Crippen LogP contribution < -0.4 is 4.74 Å². The van der Waals surface area contributed by atoms with Gasteiger partial charge in [-0.2, -0.15) is 4.98 Å². The molecule has 0 saturated heterocycles. The Kier molecular flexibility index (Phi) is 4.61. The van der Waals surface area contributed by atoms with Gasteiger partial charge in [0.05, 0.1) is 26.6 Å². The zero-order chi connectivity index (χ0) is 21.7. The molecule has 0 fully saturated rings. The van der Waals surface area contributed by atoms with E-state index in [1.54, 1.807) is 12.1 Å². The number of ether oxygens (including phenoxy) is 1. The molecule has 0 atom stereocenters. The number of hydrogen-bond acceptors (Lipinski definition) is 3. The molecule has 0 saturated carbocycles. The number of carboxylic acids is 1. The number of halogens is 2. The molecule has 0 bridgehead atoms. The van der Waals surface area contributed by atoms with Crippen molar-refractivity contribution in [2.75, 3.05) is 0 Å². The molecule has 0 unspecified atom stereocenters. The first kappa shape index (κ1) is 19.5. The SMILES string of the molecule is Cn1ccc2cc(-c3cc4nc(Oc5ccc(Cl)c(C(=O)O)c5)[nH]c4cc3Cl)ccc21. The molecule has 31 heavy (non-hydrogen) atoms. The van der Waals surface area contributed by atoms with Crippen LogP contribution in [0.25, 0.3) is 33.1 Å². The monoisotopic (exact) mass is 451 g/mol. The summed E-state index contributed by atoms with van der Waals surface area (Å²) in [7, 11) is 2.01. The number of aromatic amines is 1. The van der Waals surface area contributed by atoms with Crippen molar-refractivity contribution in [3.05, 3.63) is 76.4 Å². The quantitative estimate of drug-likeness (QED) is 0.325. The molecule has 6 nitrogen and oxygen atoms in total. The lowest BCUT2D eigenvalue weighted by molar-refractivity contribution is 0.0696. The lowest BCUT2D eigenvalue weighted by atomic mass is 10.0. The van der Waals surface area contributed by atoms with Crippen LogP contribution in [-0.2, 0) is 7.05 Å². The Balaban J connectivity index is 1.52. The van der Waals surface area contributed by atoms with E-state index < -0.39 is 5.97 Å². The standard InChI is InChI=1S/C23H15Cl2N3O3/c1-28-7-6-13-8-12(2-5-21(13)28)15-10-19-20(11-18(15)25)27-23(26-19)31-14-3-4-17(24)16(9-14)22(29)30/h2-11H,1H3,(H,26,27)(H,29,30). The van der Waals surface area contributed by atoms with Gasteiger partial charge in [0.25, 0.3) is 6.01 Å². The number of aromatic carboxylic acids is 1. The first-order valence-corrected chi connectivity index (χ1v) is 10.1. The van der Waals surface area contributed by atoms with Crippen molar-refractivity contribution in [2.45, 2.75) is 0 Å². The van der Waals surface area contributed by atoms with Crippen LogP contribution in [0.3, 0.4) is 0 Å². The fourth-order valence-corrected chi connectivity index (χ4v) is 4.04. The van der Waals surface area contributed by atoms with E-state index in [-0.39, 0.29) is 16.6 Å². The maximum atomic E-state index is 11.3. The van der Waals surface area contributed by atoms with E-state index in [0.717, 1.165) is 22.0 Å². The van der Waals surface area contributed by atoms with Crippen LogP contribution in [0, 0.1) is 0 Å². The van der Waals surface area contributed by atoms with Crippen LogP contribution in [0.4, 0.5) is 0 Å². The molecule has 154 valence electrons. The summed E-state index contributed by atoms with van der Waals surface area (Å²) in [5.41, 5.74) is 4.32. The summed E-state index contributed by atoms with van der Waals surface area (Å²) >= 11 is 12.5. The Morgan fingerprint density at radius 2 is 1.90 bits per heavy atom. The third kappa shape index (κ3) is 3.50. The molecule has 3 aromatic carbocycles. The number of carboxylic acid groups (broad SMARTS) is 1. The van der Waals surface area contributed by atoms with Gasteiger partial charge in [0.2, 0.25) is 0 Å². The highest BCUT2D eigenvalue weighted by atomic mass is 35.5. The molecule has 0 aliphatic heterocycles. The van der Waals surface area contributed by atoms with Crippen molar-refractivity contribution in [3.8, 4) is 22.9 Å². The Labute approximate surface area is 186 Å². The van der Waals surface area contributed by atoms with Gasteiger partial charge >= 0.3 is 5.97 Å². The summed E-state index contributed by atoms with van der Waals surface area (Å²) in [4.78, 5) is 18.8. The molecule has 0 aliphatic rings. The molecule has 2 heterocycles. The van der Waals surface area contributed by atoms with Crippen LogP contribution in [-0.4, -0.2) is 25.6 Å². The number of imidazole rings is 1. The summed E-state index contributed by atoms with van der Waals surface area (Å²) in [6, 6.07) is 16.6. The van der Waals surface area contributed by atoms with E-state index in [1.165, 1.54) is 12.1 Å². The number of nitrogens with one attached hydrogen (secondary N) is 1. The summed E-state index contributed by atoms with van der Waals surface area (Å²) in [6.45, 7) is 0. The van der Waals surface area contributed by atoms with Crippen LogP contribution in [0.2, 0.25) is 10.0 Å². The number of benzene rings is 3. The Bertz CT molecular complexity index is 1490. The van der Waals surface area contributed by atoms with Gasteiger partial charge in [-0.25, -0.2) is 4.79 Å². The molecule has 0 radical (unpaired) electrons. The molecule has 0 aliphatic carbocycles. The van der Waals surface area contributed by atoms with E-state index in [9.17, 15) is 9.90 Å². The van der Waals surface area contributed by atoms with Crippen molar-refractivity contribution in [2.24, 2.45) is 7.05 Å². The van der Waals surface area contributed by atoms with Crippen LogP contribution in [0.15, 0.2) is 60.8 Å². The van der Waals surface area contributed by atoms with E-state index >= 15 is 0 Å². The smallest absolute Gasteiger partial charge is 0.337 e. The fourth-order valence-electron chi connectivity index (χ4n) is 3.57. The van der Waals surface area contributed by atoms with Crippen molar-refractivity contribution < 1.29 is 14.6 Å². The third-order valence-electron chi connectivity index (χ3n) is 5.13. The molecule has 5 rings (SSSR count). The normalized spacial score (nSPS) is 11.3. The highest BCUT2D eigenvalue weighted by Gasteiger charge is 2.14. The fraction of sp³-hybridized carbons (Fsp3) is 0.0435. The van der Waals surface area contributed by atoms with Gasteiger partial charge in [0, 0.05) is 29.7 Å². The summed E-state index contributed by atoms with van der Waals surface area (Å²) in [6.07, 6.45) is 2.02. The summed E-state index contributed by atoms with van der Waals surface area (Å²) in [5.74, 6) is -0.825. The van der Waals surface area contributed by atoms with E-state index in [0.29, 0.717) is 21.8 Å². The van der Waals surface area contributed by atoms with Crippen molar-refractivity contribution in [1.29, 1.82) is 0 Å². The molecule has 2 aromatic heterocycles. The van der Waals surface area contributed by atoms with Gasteiger partial charge in [-0.05, 0) is 54.1 Å². The highest BCUT2D eigenvalue weighted by molar-refractivity contribution is 6.34. The minimum atomic E-state index is -1.13. The number of nitrogens with zero attached hydrogens (tertiary/aromatic N) is 2. The molecular weight excluding hydrogens is 437 g/mol. The van der Waals surface area contributed by atoms with Gasteiger partial charge in [-0.3, -0.25) is 0 Å². The second kappa shape index (κ2) is 7.34. The van der Waals surface area contributed by atoms with Crippen molar-refractivity contribution >= 4 is 51.1 Å². The van der Waals surface area contributed by atoms with Gasteiger partial charge in [-0.1, -0.05) is 29.3 Å². The molecule has 2 N–H and O–H groups in total. The van der Waals surface area contributed by atoms with Crippen molar-refractivity contribution in [3.63, 3.8) is 0 Å². The van der Waals surface area contributed by atoms with E-state index in [2.05, 4.69) is 32.7 Å². The van der Waals surface area contributed by atoms with Gasteiger partial charge < -0.3 is 19.4 Å². The molecule has 0 spiro atoms. The number of carbonyl (C=O) groups is 1. The van der Waals surface area contributed by atoms with Gasteiger partial charge in [0.15, 0.2) is 0 Å². The number of aromatic nitrogens is 3. The average molecular weight is 452 g/mol. The Morgan fingerprint density at radius 3 is 2.71 bits per heavy atom. The first-order chi connectivity index (χ1) is 14.9. The number of aryl methyl sites for hydroxylation is 1. The lowest BCUT2D eigenvalue weighted by Gasteiger charge is -2.06. The minimum Gasteiger partial charge on any atom is -0.478 e. The van der Waals surface area contributed by atoms with Gasteiger partial charge in [-0.15, -0.1) is 0 Å². The maximum Gasteiger partial charge on any atom is 0.337 e. The largest absolute Gasteiger partial charge is 0.478 e. The number of hydrogen-bond donors (Lipinski definition) is 2. The maximum absolute atomic E-state index is 11.3. The Hall–Kier alpha value is -3.48. The Morgan fingerprint density at radius 1 is 1.06 bits per heavy atom. The predicted octanol–water partition coefficient (Wildman–Crippen LogP) is 6.52. The summed E-state index contributed by atoms with van der Waals surface area (Å²) in [5, 5.41) is 11.1. The highest BCUT2D eigenvalue weighted by Crippen LogP contribution is 2.35. The number of fused-ring (bicyclic) bond motifs is 2. The third-order valence-corrected chi connectivity index (χ3v) is 5.77. The minimum absolute atomic E-state index is 0.0445.